The van der Waals surface area contributed by atoms with Gasteiger partial charge in [-0.25, -0.2) is 14.5 Å². The van der Waals surface area contributed by atoms with Crippen LogP contribution in [-0.4, -0.2) is 27.8 Å². The summed E-state index contributed by atoms with van der Waals surface area (Å²) in [7, 11) is 1.30. The standard InChI is InChI=1S/C11H9Cl2N3O2/c1-18-11(17)7-2-3-9(12)8(10(7)13)4-16-6-14-5-15-16/h2-3,5-6H,4H2,1H3. The third kappa shape index (κ3) is 2.47. The summed E-state index contributed by atoms with van der Waals surface area (Å²) in [5.41, 5.74) is 0.880. The van der Waals surface area contributed by atoms with E-state index in [0.29, 0.717) is 17.1 Å². The van der Waals surface area contributed by atoms with Crippen molar-refractivity contribution in [2.45, 2.75) is 6.54 Å². The van der Waals surface area contributed by atoms with Crippen LogP contribution in [0.3, 0.4) is 0 Å². The summed E-state index contributed by atoms with van der Waals surface area (Å²) >= 11 is 12.2. The lowest BCUT2D eigenvalue weighted by Gasteiger charge is -2.10. The molecule has 2 rings (SSSR count). The SMILES string of the molecule is COC(=O)c1ccc(Cl)c(Cn2cncn2)c1Cl. The van der Waals surface area contributed by atoms with Crippen LogP contribution in [0.5, 0.6) is 0 Å². The maximum Gasteiger partial charge on any atom is 0.339 e. The molecule has 0 unspecified atom stereocenters. The molecule has 0 bridgehead atoms. The van der Waals surface area contributed by atoms with Gasteiger partial charge < -0.3 is 4.74 Å². The summed E-state index contributed by atoms with van der Waals surface area (Å²) in [6, 6.07) is 3.13. The molecule has 0 aliphatic heterocycles. The van der Waals surface area contributed by atoms with Crippen LogP contribution in [0.4, 0.5) is 0 Å². The number of hydrogen-bond acceptors (Lipinski definition) is 4. The Morgan fingerprint density at radius 2 is 2.22 bits per heavy atom. The van der Waals surface area contributed by atoms with Crippen LogP contribution in [0.1, 0.15) is 15.9 Å². The number of carbonyl (C=O) groups excluding carboxylic acids is 1. The van der Waals surface area contributed by atoms with Crippen LogP contribution >= 0.6 is 23.2 Å². The molecule has 0 saturated carbocycles. The Hall–Kier alpha value is -1.59. The number of methoxy groups -OCH3 is 1. The summed E-state index contributed by atoms with van der Waals surface area (Å²) in [6.07, 6.45) is 2.95. The Bertz CT molecular complexity index is 570. The number of carbonyl (C=O) groups is 1. The Morgan fingerprint density at radius 1 is 1.44 bits per heavy atom. The van der Waals surface area contributed by atoms with E-state index in [1.54, 1.807) is 10.7 Å². The third-order valence-electron chi connectivity index (χ3n) is 2.38. The summed E-state index contributed by atoms with van der Waals surface area (Å²) in [5.74, 6) is -0.503. The molecule has 0 amide bonds. The predicted molar refractivity (Wildman–Crippen MR) is 66.9 cm³/mol. The molecule has 0 saturated heterocycles. The highest BCUT2D eigenvalue weighted by Crippen LogP contribution is 2.29. The van der Waals surface area contributed by atoms with Gasteiger partial charge in [-0.3, -0.25) is 0 Å². The molecule has 1 heterocycles. The molecule has 1 aromatic carbocycles. The number of benzene rings is 1. The Labute approximate surface area is 113 Å². The zero-order valence-corrected chi connectivity index (χ0v) is 10.9. The van der Waals surface area contributed by atoms with E-state index in [-0.39, 0.29) is 10.6 Å². The number of esters is 1. The molecular weight excluding hydrogens is 277 g/mol. The smallest absolute Gasteiger partial charge is 0.339 e. The van der Waals surface area contributed by atoms with Gasteiger partial charge in [0.1, 0.15) is 12.7 Å². The van der Waals surface area contributed by atoms with E-state index < -0.39 is 5.97 Å². The van der Waals surface area contributed by atoms with Crippen LogP contribution in [0.25, 0.3) is 0 Å². The summed E-state index contributed by atoms with van der Waals surface area (Å²) in [5, 5.41) is 4.69. The van der Waals surface area contributed by atoms with Crippen molar-refractivity contribution in [3.8, 4) is 0 Å². The highest BCUT2D eigenvalue weighted by Gasteiger charge is 2.17. The number of nitrogens with zero attached hydrogens (tertiary/aromatic N) is 3. The van der Waals surface area contributed by atoms with Crippen molar-refractivity contribution in [2.24, 2.45) is 0 Å². The molecule has 0 aliphatic rings. The fourth-order valence-corrected chi connectivity index (χ4v) is 2.05. The van der Waals surface area contributed by atoms with Crippen molar-refractivity contribution in [2.75, 3.05) is 7.11 Å². The van der Waals surface area contributed by atoms with Crippen molar-refractivity contribution in [1.29, 1.82) is 0 Å². The van der Waals surface area contributed by atoms with E-state index in [1.165, 1.54) is 25.8 Å². The first-order chi connectivity index (χ1) is 8.63. The van der Waals surface area contributed by atoms with Crippen LogP contribution in [0.2, 0.25) is 10.0 Å². The number of aromatic nitrogens is 3. The first-order valence-corrected chi connectivity index (χ1v) is 5.76. The molecule has 1 aromatic heterocycles. The van der Waals surface area contributed by atoms with E-state index >= 15 is 0 Å². The molecule has 7 heteroatoms. The lowest BCUT2D eigenvalue weighted by Crippen LogP contribution is -2.07. The van der Waals surface area contributed by atoms with Gasteiger partial charge in [0.05, 0.1) is 24.2 Å². The monoisotopic (exact) mass is 285 g/mol. The molecule has 0 fully saturated rings. The molecule has 0 aliphatic carbocycles. The number of hydrogen-bond donors (Lipinski definition) is 0. The molecular formula is C11H9Cl2N3O2. The fourth-order valence-electron chi connectivity index (χ4n) is 1.49. The van der Waals surface area contributed by atoms with Crippen molar-refractivity contribution < 1.29 is 9.53 Å². The largest absolute Gasteiger partial charge is 0.465 e. The average Bonchev–Trinajstić information content (AvgIpc) is 2.86. The van der Waals surface area contributed by atoms with Crippen LogP contribution in [0.15, 0.2) is 24.8 Å². The minimum Gasteiger partial charge on any atom is -0.465 e. The lowest BCUT2D eigenvalue weighted by molar-refractivity contribution is 0.0601. The summed E-state index contributed by atoms with van der Waals surface area (Å²) in [6.45, 7) is 0.336. The maximum atomic E-state index is 11.5. The molecule has 94 valence electrons. The third-order valence-corrected chi connectivity index (χ3v) is 3.16. The summed E-state index contributed by atoms with van der Waals surface area (Å²) in [4.78, 5) is 15.3. The van der Waals surface area contributed by atoms with Crippen LogP contribution in [0, 0.1) is 0 Å². The van der Waals surface area contributed by atoms with Gasteiger partial charge in [0.15, 0.2) is 0 Å². The average molecular weight is 286 g/mol. The fraction of sp³-hybridized carbons (Fsp3) is 0.182. The van der Waals surface area contributed by atoms with Gasteiger partial charge in [0.2, 0.25) is 0 Å². The molecule has 0 atom stereocenters. The van der Waals surface area contributed by atoms with E-state index in [0.717, 1.165) is 0 Å². The molecule has 5 nitrogen and oxygen atoms in total. The van der Waals surface area contributed by atoms with Gasteiger partial charge in [-0.1, -0.05) is 23.2 Å². The normalized spacial score (nSPS) is 10.4. The van der Waals surface area contributed by atoms with Crippen molar-refractivity contribution in [3.63, 3.8) is 0 Å². The van der Waals surface area contributed by atoms with Crippen LogP contribution in [-0.2, 0) is 11.3 Å². The predicted octanol–water partition coefficient (Wildman–Crippen LogP) is 2.42. The molecule has 0 spiro atoms. The zero-order valence-electron chi connectivity index (χ0n) is 9.43. The van der Waals surface area contributed by atoms with Gasteiger partial charge in [0.25, 0.3) is 0 Å². The maximum absolute atomic E-state index is 11.5. The van der Waals surface area contributed by atoms with Crippen molar-refractivity contribution >= 4 is 29.2 Å². The van der Waals surface area contributed by atoms with Crippen molar-refractivity contribution in [1.82, 2.24) is 14.8 Å². The lowest BCUT2D eigenvalue weighted by atomic mass is 10.1. The number of halogens is 2. The van der Waals surface area contributed by atoms with Crippen LogP contribution < -0.4 is 0 Å². The first-order valence-electron chi connectivity index (χ1n) is 5.01. The number of rotatable bonds is 3. The summed E-state index contributed by atoms with van der Waals surface area (Å²) < 4.78 is 6.21. The molecule has 0 N–H and O–H groups in total. The Morgan fingerprint density at radius 3 is 2.83 bits per heavy atom. The van der Waals surface area contributed by atoms with Gasteiger partial charge in [-0.2, -0.15) is 5.10 Å². The van der Waals surface area contributed by atoms with E-state index in [2.05, 4.69) is 14.8 Å². The van der Waals surface area contributed by atoms with Gasteiger partial charge in [-0.15, -0.1) is 0 Å². The second-order valence-corrected chi connectivity index (χ2v) is 4.26. The van der Waals surface area contributed by atoms with E-state index in [9.17, 15) is 4.79 Å². The topological polar surface area (TPSA) is 57.0 Å². The highest BCUT2D eigenvalue weighted by molar-refractivity contribution is 6.37. The zero-order chi connectivity index (χ0) is 13.1. The number of ether oxygens (including phenoxy) is 1. The Kier molecular flexibility index (Phi) is 3.84. The Balaban J connectivity index is 2.42. The molecule has 2 aromatic rings. The van der Waals surface area contributed by atoms with E-state index in [4.69, 9.17) is 23.2 Å². The van der Waals surface area contributed by atoms with Gasteiger partial charge in [0, 0.05) is 10.6 Å². The van der Waals surface area contributed by atoms with E-state index in [1.807, 2.05) is 0 Å². The minimum atomic E-state index is -0.503. The molecule has 18 heavy (non-hydrogen) atoms. The minimum absolute atomic E-state index is 0.268. The quantitative estimate of drug-likeness (QED) is 0.813. The van der Waals surface area contributed by atoms with Gasteiger partial charge in [-0.05, 0) is 12.1 Å². The highest BCUT2D eigenvalue weighted by atomic mass is 35.5. The second-order valence-electron chi connectivity index (χ2n) is 3.47. The molecule has 0 radical (unpaired) electrons. The van der Waals surface area contributed by atoms with Crippen molar-refractivity contribution in [3.05, 3.63) is 46.0 Å². The second kappa shape index (κ2) is 5.37. The first kappa shape index (κ1) is 12.9. The van der Waals surface area contributed by atoms with Gasteiger partial charge >= 0.3 is 5.97 Å².